The minimum absolute atomic E-state index is 0.183. The van der Waals surface area contributed by atoms with E-state index >= 15 is 0 Å². The number of halogens is 2. The van der Waals surface area contributed by atoms with Crippen LogP contribution in [0.5, 0.6) is 0 Å². The second kappa shape index (κ2) is 5.78. The molecule has 0 unspecified atom stereocenters. The number of aryl methyl sites for hydroxylation is 1. The third-order valence-electron chi connectivity index (χ3n) is 4.03. The van der Waals surface area contributed by atoms with Crippen LogP contribution in [0.1, 0.15) is 35.4 Å². The Hall–Kier alpha value is -1.39. The molecule has 1 aromatic carbocycles. The average Bonchev–Trinajstić information content (AvgIpc) is 3.23. The van der Waals surface area contributed by atoms with Crippen molar-refractivity contribution in [1.29, 1.82) is 0 Å². The van der Waals surface area contributed by atoms with Gasteiger partial charge in [0.2, 0.25) is 0 Å². The lowest BCUT2D eigenvalue weighted by Crippen LogP contribution is -2.16. The van der Waals surface area contributed by atoms with Crippen molar-refractivity contribution in [3.63, 3.8) is 0 Å². The van der Waals surface area contributed by atoms with Crippen LogP contribution >= 0.6 is 11.6 Å². The molecule has 0 atom stereocenters. The summed E-state index contributed by atoms with van der Waals surface area (Å²) in [5.74, 6) is -0.383. The van der Waals surface area contributed by atoms with E-state index in [-0.39, 0.29) is 10.8 Å². The third-order valence-corrected chi connectivity index (χ3v) is 4.45. The van der Waals surface area contributed by atoms with Crippen LogP contribution in [0.2, 0.25) is 5.02 Å². The van der Waals surface area contributed by atoms with Crippen LogP contribution in [0.15, 0.2) is 18.2 Å². The van der Waals surface area contributed by atoms with E-state index in [1.807, 2.05) is 17.7 Å². The lowest BCUT2D eigenvalue weighted by Gasteiger charge is -2.08. The van der Waals surface area contributed by atoms with Crippen molar-refractivity contribution in [3.8, 4) is 0 Å². The highest BCUT2D eigenvalue weighted by atomic mass is 35.5. The first kappa shape index (κ1) is 14.5. The summed E-state index contributed by atoms with van der Waals surface area (Å²) in [5.41, 5.74) is 4.12. The zero-order valence-corrected chi connectivity index (χ0v) is 13.0. The molecule has 1 fully saturated rings. The molecule has 0 aliphatic heterocycles. The standard InChI is InChI=1S/C16H19ClFN3/c1-10-14(8-19-13-6-7-13)11(2)21(20-10)9-12-4-3-5-15(18)16(12)17/h3-5,13,19H,6-9H2,1-2H3. The van der Waals surface area contributed by atoms with Gasteiger partial charge >= 0.3 is 0 Å². The number of hydrogen-bond donors (Lipinski definition) is 1. The SMILES string of the molecule is Cc1nn(Cc2cccc(F)c2Cl)c(C)c1CNC1CC1. The first-order valence-corrected chi connectivity index (χ1v) is 7.63. The van der Waals surface area contributed by atoms with Gasteiger partial charge in [0.25, 0.3) is 0 Å². The molecule has 1 saturated carbocycles. The number of nitrogens with zero attached hydrogens (tertiary/aromatic N) is 2. The Morgan fingerprint density at radius 1 is 1.38 bits per heavy atom. The van der Waals surface area contributed by atoms with E-state index in [2.05, 4.69) is 17.3 Å². The van der Waals surface area contributed by atoms with Gasteiger partial charge in [-0.3, -0.25) is 4.68 Å². The smallest absolute Gasteiger partial charge is 0.142 e. The molecule has 5 heteroatoms. The summed E-state index contributed by atoms with van der Waals surface area (Å²) < 4.78 is 15.4. The molecule has 0 amide bonds. The highest BCUT2D eigenvalue weighted by Crippen LogP contribution is 2.23. The first-order valence-electron chi connectivity index (χ1n) is 7.25. The van der Waals surface area contributed by atoms with Gasteiger partial charge in [-0.2, -0.15) is 5.10 Å². The summed E-state index contributed by atoms with van der Waals surface area (Å²) in [6.45, 7) is 5.41. The first-order chi connectivity index (χ1) is 10.1. The zero-order chi connectivity index (χ0) is 15.0. The molecule has 1 aromatic heterocycles. The third kappa shape index (κ3) is 3.11. The molecule has 21 heavy (non-hydrogen) atoms. The van der Waals surface area contributed by atoms with E-state index in [1.165, 1.54) is 24.5 Å². The van der Waals surface area contributed by atoms with Gasteiger partial charge in [0.1, 0.15) is 5.82 Å². The van der Waals surface area contributed by atoms with Gasteiger partial charge in [0.15, 0.2) is 0 Å². The Morgan fingerprint density at radius 2 is 2.14 bits per heavy atom. The van der Waals surface area contributed by atoms with Crippen LogP contribution in [0.3, 0.4) is 0 Å². The molecular weight excluding hydrogens is 289 g/mol. The fourth-order valence-electron chi connectivity index (χ4n) is 2.51. The Balaban J connectivity index is 1.81. The molecule has 2 aromatic rings. The average molecular weight is 308 g/mol. The van der Waals surface area contributed by atoms with Gasteiger partial charge in [-0.15, -0.1) is 0 Å². The second-order valence-corrected chi connectivity index (χ2v) is 6.05. The van der Waals surface area contributed by atoms with Gasteiger partial charge in [-0.1, -0.05) is 23.7 Å². The Kier molecular flexibility index (Phi) is 4.00. The molecule has 3 rings (SSSR count). The predicted octanol–water partition coefficient (Wildman–Crippen LogP) is 3.59. The van der Waals surface area contributed by atoms with Gasteiger partial charge < -0.3 is 5.32 Å². The van der Waals surface area contributed by atoms with Crippen LogP contribution in [0.25, 0.3) is 0 Å². The molecule has 1 heterocycles. The van der Waals surface area contributed by atoms with Crippen LogP contribution in [0, 0.1) is 19.7 Å². The molecular formula is C16H19ClFN3. The predicted molar refractivity (Wildman–Crippen MR) is 82.1 cm³/mol. The van der Waals surface area contributed by atoms with Crippen molar-refractivity contribution in [2.75, 3.05) is 0 Å². The fourth-order valence-corrected chi connectivity index (χ4v) is 2.70. The zero-order valence-electron chi connectivity index (χ0n) is 12.3. The number of aromatic nitrogens is 2. The summed E-state index contributed by atoms with van der Waals surface area (Å²) in [5, 5.41) is 8.27. The maximum absolute atomic E-state index is 13.5. The van der Waals surface area contributed by atoms with Crippen molar-refractivity contribution >= 4 is 11.6 Å². The van der Waals surface area contributed by atoms with E-state index in [9.17, 15) is 4.39 Å². The summed E-state index contributed by atoms with van der Waals surface area (Å²) in [7, 11) is 0. The van der Waals surface area contributed by atoms with E-state index in [1.54, 1.807) is 6.07 Å². The monoisotopic (exact) mass is 307 g/mol. The molecule has 1 aliphatic carbocycles. The van der Waals surface area contributed by atoms with Gasteiger partial charge in [0.05, 0.1) is 17.3 Å². The summed E-state index contributed by atoms with van der Waals surface area (Å²) in [4.78, 5) is 0. The quantitative estimate of drug-likeness (QED) is 0.915. The lowest BCUT2D eigenvalue weighted by atomic mass is 10.2. The largest absolute Gasteiger partial charge is 0.310 e. The van der Waals surface area contributed by atoms with Gasteiger partial charge in [-0.25, -0.2) is 4.39 Å². The van der Waals surface area contributed by atoms with Crippen molar-refractivity contribution < 1.29 is 4.39 Å². The summed E-state index contributed by atoms with van der Waals surface area (Å²) in [6, 6.07) is 5.56. The number of benzene rings is 1. The number of rotatable bonds is 5. The van der Waals surface area contributed by atoms with Crippen LogP contribution in [0.4, 0.5) is 4.39 Å². The molecule has 3 nitrogen and oxygen atoms in total. The number of nitrogens with one attached hydrogen (secondary N) is 1. The van der Waals surface area contributed by atoms with E-state index in [0.29, 0.717) is 12.6 Å². The molecule has 0 bridgehead atoms. The summed E-state index contributed by atoms with van der Waals surface area (Å²) >= 11 is 6.02. The molecule has 0 saturated heterocycles. The summed E-state index contributed by atoms with van der Waals surface area (Å²) in [6.07, 6.45) is 2.54. The second-order valence-electron chi connectivity index (χ2n) is 5.68. The maximum atomic E-state index is 13.5. The molecule has 0 spiro atoms. The normalized spacial score (nSPS) is 14.7. The number of hydrogen-bond acceptors (Lipinski definition) is 2. The van der Waals surface area contributed by atoms with Crippen molar-refractivity contribution in [1.82, 2.24) is 15.1 Å². The minimum Gasteiger partial charge on any atom is -0.310 e. The lowest BCUT2D eigenvalue weighted by molar-refractivity contribution is 0.615. The van der Waals surface area contributed by atoms with E-state index in [0.717, 1.165) is 23.5 Å². The van der Waals surface area contributed by atoms with E-state index < -0.39 is 0 Å². The highest BCUT2D eigenvalue weighted by Gasteiger charge is 2.22. The molecule has 112 valence electrons. The molecule has 1 aliphatic rings. The van der Waals surface area contributed by atoms with Crippen LogP contribution in [-0.2, 0) is 13.1 Å². The van der Waals surface area contributed by atoms with Gasteiger partial charge in [0, 0.05) is 23.8 Å². The molecule has 1 N–H and O–H groups in total. The fraction of sp³-hybridized carbons (Fsp3) is 0.438. The maximum Gasteiger partial charge on any atom is 0.142 e. The van der Waals surface area contributed by atoms with Gasteiger partial charge in [-0.05, 0) is 38.3 Å². The molecule has 0 radical (unpaired) electrons. The Bertz CT molecular complexity index is 662. The Labute approximate surface area is 129 Å². The van der Waals surface area contributed by atoms with Crippen molar-refractivity contribution in [2.45, 2.75) is 45.8 Å². The van der Waals surface area contributed by atoms with Crippen LogP contribution in [-0.4, -0.2) is 15.8 Å². The topological polar surface area (TPSA) is 29.9 Å². The van der Waals surface area contributed by atoms with Crippen LogP contribution < -0.4 is 5.32 Å². The van der Waals surface area contributed by atoms with Crippen molar-refractivity contribution in [3.05, 3.63) is 51.6 Å². The minimum atomic E-state index is -0.383. The van der Waals surface area contributed by atoms with E-state index in [4.69, 9.17) is 11.6 Å². The highest BCUT2D eigenvalue weighted by molar-refractivity contribution is 6.31. The van der Waals surface area contributed by atoms with Crippen molar-refractivity contribution in [2.24, 2.45) is 0 Å². The Morgan fingerprint density at radius 3 is 2.86 bits per heavy atom.